The van der Waals surface area contributed by atoms with Crippen LogP contribution in [0.1, 0.15) is 29.7 Å². The van der Waals surface area contributed by atoms with Gasteiger partial charge in [0.25, 0.3) is 0 Å². The first-order valence-corrected chi connectivity index (χ1v) is 8.94. The normalized spacial score (nSPS) is 22.0. The van der Waals surface area contributed by atoms with Crippen LogP contribution in [0.25, 0.3) is 10.9 Å². The maximum Gasteiger partial charge on any atom is 0.238 e. The van der Waals surface area contributed by atoms with Gasteiger partial charge in [0.2, 0.25) is 5.91 Å². The van der Waals surface area contributed by atoms with Crippen LogP contribution in [0.2, 0.25) is 0 Å². The van der Waals surface area contributed by atoms with Crippen molar-refractivity contribution in [3.8, 4) is 0 Å². The number of rotatable bonds is 4. The number of para-hydroxylation sites is 1. The molecule has 2 heterocycles. The molecule has 5 nitrogen and oxygen atoms in total. The third-order valence-corrected chi connectivity index (χ3v) is 5.32. The average molecular weight is 326 g/mol. The van der Waals surface area contributed by atoms with Crippen LogP contribution in [0.15, 0.2) is 18.2 Å². The van der Waals surface area contributed by atoms with Gasteiger partial charge in [-0.25, -0.2) is 0 Å². The van der Waals surface area contributed by atoms with Gasteiger partial charge in [-0.1, -0.05) is 18.2 Å². The molecule has 0 spiro atoms. The van der Waals surface area contributed by atoms with Gasteiger partial charge in [0.1, 0.15) is 0 Å². The lowest BCUT2D eigenvalue weighted by molar-refractivity contribution is -0.124. The number of piperazine rings is 1. The van der Waals surface area contributed by atoms with Crippen molar-refractivity contribution >= 4 is 16.8 Å². The number of aryl methyl sites for hydroxylation is 2. The van der Waals surface area contributed by atoms with E-state index in [0.717, 1.165) is 39.0 Å². The molecule has 1 aliphatic carbocycles. The Balaban J connectivity index is 1.48. The second-order valence-electron chi connectivity index (χ2n) is 7.24. The van der Waals surface area contributed by atoms with E-state index < -0.39 is 0 Å². The van der Waals surface area contributed by atoms with Crippen LogP contribution in [0.3, 0.4) is 0 Å². The van der Waals surface area contributed by atoms with Gasteiger partial charge < -0.3 is 15.6 Å². The van der Waals surface area contributed by atoms with Crippen molar-refractivity contribution in [2.24, 2.45) is 0 Å². The topological polar surface area (TPSA) is 60.2 Å². The van der Waals surface area contributed by atoms with Gasteiger partial charge in [0.05, 0.1) is 11.6 Å². The summed E-state index contributed by atoms with van der Waals surface area (Å²) < 4.78 is 0. The Morgan fingerprint density at radius 2 is 2.17 bits per heavy atom. The van der Waals surface area contributed by atoms with E-state index in [-0.39, 0.29) is 11.9 Å². The number of hydrogen-bond acceptors (Lipinski definition) is 3. The molecule has 0 bridgehead atoms. The number of carbonyl (C=O) groups excluding carboxylic acids is 1. The number of nitrogens with one attached hydrogen (secondary N) is 3. The van der Waals surface area contributed by atoms with Crippen molar-refractivity contribution in [2.75, 3.05) is 19.6 Å². The quantitative estimate of drug-likeness (QED) is 0.803. The van der Waals surface area contributed by atoms with Crippen LogP contribution in [-0.2, 0) is 11.3 Å². The molecule has 4 rings (SSSR count). The van der Waals surface area contributed by atoms with Gasteiger partial charge in [-0.05, 0) is 37.8 Å². The fourth-order valence-electron chi connectivity index (χ4n) is 3.58. The lowest BCUT2D eigenvalue weighted by Crippen LogP contribution is -2.57. The molecule has 1 amide bonds. The van der Waals surface area contributed by atoms with E-state index in [1.54, 1.807) is 0 Å². The van der Waals surface area contributed by atoms with E-state index >= 15 is 0 Å². The molecule has 3 N–H and O–H groups in total. The van der Waals surface area contributed by atoms with Crippen LogP contribution in [0.4, 0.5) is 0 Å². The lowest BCUT2D eigenvalue weighted by atomic mass is 10.1. The summed E-state index contributed by atoms with van der Waals surface area (Å²) in [5.74, 6) is 0.159. The van der Waals surface area contributed by atoms with E-state index in [9.17, 15) is 4.79 Å². The second kappa shape index (κ2) is 6.22. The number of fused-ring (bicyclic) bond motifs is 1. The molecule has 5 heteroatoms. The molecule has 2 aromatic rings. The van der Waals surface area contributed by atoms with Crippen LogP contribution in [-0.4, -0.2) is 47.5 Å². The highest BCUT2D eigenvalue weighted by atomic mass is 16.2. The highest BCUT2D eigenvalue weighted by Gasteiger charge is 2.30. The number of aromatic amines is 1. The predicted molar refractivity (Wildman–Crippen MR) is 96.0 cm³/mol. The number of amides is 1. The third-order valence-electron chi connectivity index (χ3n) is 5.32. The number of aromatic nitrogens is 1. The molecular formula is C19H26N4O. The Morgan fingerprint density at radius 1 is 1.33 bits per heavy atom. The summed E-state index contributed by atoms with van der Waals surface area (Å²) in [6.45, 7) is 7.78. The zero-order chi connectivity index (χ0) is 16.7. The third kappa shape index (κ3) is 3.06. The van der Waals surface area contributed by atoms with Gasteiger partial charge >= 0.3 is 0 Å². The van der Waals surface area contributed by atoms with Gasteiger partial charge in [-0.2, -0.15) is 0 Å². The van der Waals surface area contributed by atoms with E-state index in [0.29, 0.717) is 6.04 Å². The van der Waals surface area contributed by atoms with Crippen LogP contribution >= 0.6 is 0 Å². The number of H-pyrrole nitrogens is 1. The van der Waals surface area contributed by atoms with Gasteiger partial charge in [0, 0.05) is 43.3 Å². The Hall–Kier alpha value is -1.85. The largest absolute Gasteiger partial charge is 0.358 e. The fraction of sp³-hybridized carbons (Fsp3) is 0.526. The molecule has 1 aliphatic heterocycles. The number of hydrogen-bond donors (Lipinski definition) is 3. The highest BCUT2D eigenvalue weighted by molar-refractivity contribution is 5.87. The van der Waals surface area contributed by atoms with Gasteiger partial charge in [-0.15, -0.1) is 0 Å². The van der Waals surface area contributed by atoms with Crippen molar-refractivity contribution in [2.45, 2.75) is 45.3 Å². The van der Waals surface area contributed by atoms with Crippen molar-refractivity contribution < 1.29 is 4.79 Å². The zero-order valence-electron chi connectivity index (χ0n) is 14.5. The molecule has 2 aliphatic rings. The Bertz CT molecular complexity index is 762. The molecule has 0 radical (unpaired) electrons. The molecule has 128 valence electrons. The van der Waals surface area contributed by atoms with Crippen molar-refractivity contribution in [1.82, 2.24) is 20.5 Å². The van der Waals surface area contributed by atoms with Crippen LogP contribution in [0, 0.1) is 13.8 Å². The first kappa shape index (κ1) is 15.7. The summed E-state index contributed by atoms with van der Waals surface area (Å²) in [5, 5.41) is 7.78. The minimum absolute atomic E-state index is 0.0920. The average Bonchev–Trinajstić information content (AvgIpc) is 3.34. The predicted octanol–water partition coefficient (Wildman–Crippen LogP) is 1.84. The van der Waals surface area contributed by atoms with E-state index in [4.69, 9.17) is 0 Å². The fourth-order valence-corrected chi connectivity index (χ4v) is 3.58. The monoisotopic (exact) mass is 326 g/mol. The second-order valence-corrected chi connectivity index (χ2v) is 7.24. The molecule has 1 aromatic carbocycles. The van der Waals surface area contributed by atoms with Crippen LogP contribution in [0.5, 0.6) is 0 Å². The lowest BCUT2D eigenvalue weighted by Gasteiger charge is -2.33. The SMILES string of the molecule is Cc1[nH]c2c(CN3CCN[C@H](C(=O)NC4CC4)C3)cccc2c1C. The summed E-state index contributed by atoms with van der Waals surface area (Å²) in [7, 11) is 0. The highest BCUT2D eigenvalue weighted by Crippen LogP contribution is 2.25. The van der Waals surface area contributed by atoms with E-state index in [2.05, 4.69) is 52.6 Å². The molecular weight excluding hydrogens is 300 g/mol. The van der Waals surface area contributed by atoms with Crippen molar-refractivity contribution in [1.29, 1.82) is 0 Å². The first-order chi connectivity index (χ1) is 11.6. The van der Waals surface area contributed by atoms with Crippen LogP contribution < -0.4 is 10.6 Å². The molecule has 1 atom stereocenters. The number of nitrogens with zero attached hydrogens (tertiary/aromatic N) is 1. The standard InChI is InChI=1S/C19H26N4O/c1-12-13(2)21-18-14(4-3-5-16(12)18)10-23-9-8-20-17(11-23)19(24)22-15-6-7-15/h3-5,15,17,20-21H,6-11H2,1-2H3,(H,22,24)/t17-/m0/s1. The summed E-state index contributed by atoms with van der Waals surface area (Å²) in [5.41, 5.74) is 5.12. The van der Waals surface area contributed by atoms with Gasteiger partial charge in [0.15, 0.2) is 0 Å². The maximum atomic E-state index is 12.3. The summed E-state index contributed by atoms with van der Waals surface area (Å²) in [6, 6.07) is 6.84. The maximum absolute atomic E-state index is 12.3. The van der Waals surface area contributed by atoms with E-state index in [1.807, 2.05) is 0 Å². The first-order valence-electron chi connectivity index (χ1n) is 8.94. The summed E-state index contributed by atoms with van der Waals surface area (Å²) in [6.07, 6.45) is 2.27. The van der Waals surface area contributed by atoms with Crippen molar-refractivity contribution in [3.05, 3.63) is 35.0 Å². The zero-order valence-corrected chi connectivity index (χ0v) is 14.5. The van der Waals surface area contributed by atoms with E-state index in [1.165, 1.54) is 27.7 Å². The minimum Gasteiger partial charge on any atom is -0.358 e. The molecule has 24 heavy (non-hydrogen) atoms. The summed E-state index contributed by atoms with van der Waals surface area (Å²) >= 11 is 0. The number of benzene rings is 1. The van der Waals surface area contributed by atoms with Crippen molar-refractivity contribution in [3.63, 3.8) is 0 Å². The minimum atomic E-state index is -0.0920. The Morgan fingerprint density at radius 3 is 2.96 bits per heavy atom. The molecule has 2 fully saturated rings. The molecule has 1 saturated heterocycles. The van der Waals surface area contributed by atoms with Gasteiger partial charge in [-0.3, -0.25) is 9.69 Å². The molecule has 0 unspecified atom stereocenters. The number of carbonyl (C=O) groups is 1. The summed E-state index contributed by atoms with van der Waals surface area (Å²) in [4.78, 5) is 18.2. The molecule has 1 saturated carbocycles. The Labute approximate surface area is 142 Å². The smallest absolute Gasteiger partial charge is 0.238 e. The Kier molecular flexibility index (Phi) is 4.06. The molecule has 1 aromatic heterocycles.